The topological polar surface area (TPSA) is 43.2 Å². The van der Waals surface area contributed by atoms with Gasteiger partial charge >= 0.3 is 0 Å². The molecule has 2 aromatic rings. The summed E-state index contributed by atoms with van der Waals surface area (Å²) in [5.41, 5.74) is 1.34. The summed E-state index contributed by atoms with van der Waals surface area (Å²) in [4.78, 5) is 2.26. The van der Waals surface area contributed by atoms with Gasteiger partial charge in [0.2, 0.25) is 0 Å². The van der Waals surface area contributed by atoms with Gasteiger partial charge < -0.3 is 9.30 Å². The van der Waals surface area contributed by atoms with Crippen LogP contribution in [0.2, 0.25) is 0 Å². The van der Waals surface area contributed by atoms with Crippen molar-refractivity contribution in [3.05, 3.63) is 40.9 Å². The molecular weight excluding hydrogens is 340 g/mol. The molecule has 0 N–H and O–H groups in total. The highest BCUT2D eigenvalue weighted by Crippen LogP contribution is 2.23. The van der Waals surface area contributed by atoms with E-state index in [1.807, 2.05) is 6.08 Å². The first-order chi connectivity index (χ1) is 11.8. The second-order valence-electron chi connectivity index (χ2n) is 6.05. The molecule has 3 heterocycles. The summed E-state index contributed by atoms with van der Waals surface area (Å²) in [7, 11) is 2.11. The number of hydrogen-bond acceptors (Lipinski definition) is 6. The van der Waals surface area contributed by atoms with E-state index in [4.69, 9.17) is 4.74 Å². The molecule has 5 nitrogen and oxygen atoms in total. The van der Waals surface area contributed by atoms with Crippen molar-refractivity contribution in [2.75, 3.05) is 19.4 Å². The lowest BCUT2D eigenvalue weighted by atomic mass is 10.3. The predicted molar refractivity (Wildman–Crippen MR) is 99.4 cm³/mol. The van der Waals surface area contributed by atoms with E-state index in [1.165, 1.54) is 12.0 Å². The molecule has 0 spiro atoms. The van der Waals surface area contributed by atoms with Gasteiger partial charge in [-0.1, -0.05) is 17.8 Å². The van der Waals surface area contributed by atoms with E-state index < -0.39 is 0 Å². The molecule has 3 rings (SSSR count). The number of aromatic nitrogens is 3. The van der Waals surface area contributed by atoms with Crippen LogP contribution in [-0.2, 0) is 24.4 Å². The summed E-state index contributed by atoms with van der Waals surface area (Å²) in [6, 6.07) is 2.17. The third kappa shape index (κ3) is 4.69. The van der Waals surface area contributed by atoms with Crippen LogP contribution in [0.15, 0.2) is 34.6 Å². The second-order valence-corrected chi connectivity index (χ2v) is 7.82. The minimum absolute atomic E-state index is 0.355. The van der Waals surface area contributed by atoms with Gasteiger partial charge in [-0.2, -0.15) is 11.3 Å². The Morgan fingerprint density at radius 1 is 1.50 bits per heavy atom. The van der Waals surface area contributed by atoms with Gasteiger partial charge in [-0.15, -0.1) is 16.8 Å². The van der Waals surface area contributed by atoms with Crippen molar-refractivity contribution in [3.63, 3.8) is 0 Å². The first kappa shape index (κ1) is 17.7. The fourth-order valence-corrected chi connectivity index (χ4v) is 4.48. The molecule has 1 saturated heterocycles. The van der Waals surface area contributed by atoms with Crippen LogP contribution in [0.1, 0.15) is 24.2 Å². The van der Waals surface area contributed by atoms with Gasteiger partial charge in [0.15, 0.2) is 5.16 Å². The lowest BCUT2D eigenvalue weighted by molar-refractivity contribution is 0.129. The molecule has 0 amide bonds. The first-order valence-corrected chi connectivity index (χ1v) is 10.2. The maximum Gasteiger partial charge on any atom is 0.191 e. The van der Waals surface area contributed by atoms with Crippen molar-refractivity contribution in [3.8, 4) is 0 Å². The van der Waals surface area contributed by atoms with E-state index in [0.717, 1.165) is 49.4 Å². The Balaban J connectivity index is 1.62. The highest BCUT2D eigenvalue weighted by atomic mass is 32.2. The molecule has 1 aliphatic heterocycles. The maximum atomic E-state index is 5.70. The smallest absolute Gasteiger partial charge is 0.191 e. The second kappa shape index (κ2) is 8.80. The summed E-state index contributed by atoms with van der Waals surface area (Å²) in [5, 5.41) is 14.1. The molecule has 0 radical (unpaired) electrons. The van der Waals surface area contributed by atoms with Crippen LogP contribution >= 0.6 is 23.1 Å². The van der Waals surface area contributed by atoms with Crippen LogP contribution in [0.25, 0.3) is 0 Å². The molecule has 0 aliphatic carbocycles. The van der Waals surface area contributed by atoms with Gasteiger partial charge in [0.05, 0.1) is 12.6 Å². The van der Waals surface area contributed by atoms with Crippen molar-refractivity contribution in [2.45, 2.75) is 43.7 Å². The van der Waals surface area contributed by atoms with Crippen molar-refractivity contribution < 1.29 is 4.74 Å². The van der Waals surface area contributed by atoms with Crippen LogP contribution in [0.4, 0.5) is 0 Å². The molecule has 0 saturated carbocycles. The quantitative estimate of drug-likeness (QED) is 0.504. The fourth-order valence-electron chi connectivity index (χ4n) is 2.79. The molecule has 2 aromatic heterocycles. The molecule has 1 fully saturated rings. The van der Waals surface area contributed by atoms with Crippen molar-refractivity contribution in [2.24, 2.45) is 0 Å². The van der Waals surface area contributed by atoms with E-state index in [2.05, 4.69) is 50.1 Å². The standard InChI is InChI=1S/C17H24N4OS2/c1-3-7-21-16(11-20(2)10-14-6-9-23-12-14)18-19-17(21)24-13-15-5-4-8-22-15/h3,6,9,12,15H,1,4-5,7-8,10-11,13H2,2H3. The van der Waals surface area contributed by atoms with Crippen molar-refractivity contribution in [1.29, 1.82) is 0 Å². The molecule has 1 aliphatic rings. The Morgan fingerprint density at radius 3 is 3.12 bits per heavy atom. The normalized spacial score (nSPS) is 17.7. The predicted octanol–water partition coefficient (Wildman–Crippen LogP) is 3.43. The largest absolute Gasteiger partial charge is 0.377 e. The third-order valence-corrected chi connectivity index (χ3v) is 5.80. The van der Waals surface area contributed by atoms with E-state index in [0.29, 0.717) is 6.10 Å². The molecule has 0 aromatic carbocycles. The summed E-state index contributed by atoms with van der Waals surface area (Å²) in [6.07, 6.45) is 4.58. The van der Waals surface area contributed by atoms with Gasteiger partial charge in [-0.25, -0.2) is 0 Å². The van der Waals surface area contributed by atoms with Crippen LogP contribution in [0, 0.1) is 0 Å². The van der Waals surface area contributed by atoms with E-state index in [-0.39, 0.29) is 0 Å². The van der Waals surface area contributed by atoms with Gasteiger partial charge in [0, 0.05) is 25.4 Å². The minimum atomic E-state index is 0.355. The number of allylic oxidation sites excluding steroid dienone is 1. The number of hydrogen-bond donors (Lipinski definition) is 0. The van der Waals surface area contributed by atoms with Crippen molar-refractivity contribution >= 4 is 23.1 Å². The Bertz CT molecular complexity index is 635. The van der Waals surface area contributed by atoms with E-state index in [9.17, 15) is 0 Å². The van der Waals surface area contributed by atoms with Gasteiger partial charge in [0.25, 0.3) is 0 Å². The summed E-state index contributed by atoms with van der Waals surface area (Å²) >= 11 is 3.47. The highest BCUT2D eigenvalue weighted by Gasteiger charge is 2.19. The Morgan fingerprint density at radius 2 is 2.42 bits per heavy atom. The molecule has 1 atom stereocenters. The number of thioether (sulfide) groups is 1. The highest BCUT2D eigenvalue weighted by molar-refractivity contribution is 7.99. The van der Waals surface area contributed by atoms with E-state index >= 15 is 0 Å². The minimum Gasteiger partial charge on any atom is -0.377 e. The number of rotatable bonds is 9. The molecule has 1 unspecified atom stereocenters. The molecule has 24 heavy (non-hydrogen) atoms. The Kier molecular flexibility index (Phi) is 6.48. The average molecular weight is 365 g/mol. The van der Waals surface area contributed by atoms with E-state index in [1.54, 1.807) is 23.1 Å². The zero-order valence-corrected chi connectivity index (χ0v) is 15.7. The van der Waals surface area contributed by atoms with Gasteiger partial charge in [0.1, 0.15) is 5.82 Å². The van der Waals surface area contributed by atoms with Crippen LogP contribution in [0.3, 0.4) is 0 Å². The van der Waals surface area contributed by atoms with Gasteiger partial charge in [-0.3, -0.25) is 4.90 Å². The fraction of sp³-hybridized carbons (Fsp3) is 0.529. The summed E-state index contributed by atoms with van der Waals surface area (Å²) < 4.78 is 7.86. The van der Waals surface area contributed by atoms with Gasteiger partial charge in [-0.05, 0) is 42.3 Å². The lowest BCUT2D eigenvalue weighted by Gasteiger charge is -2.16. The van der Waals surface area contributed by atoms with Crippen LogP contribution in [0.5, 0.6) is 0 Å². The maximum absolute atomic E-state index is 5.70. The van der Waals surface area contributed by atoms with Crippen LogP contribution < -0.4 is 0 Å². The zero-order valence-electron chi connectivity index (χ0n) is 14.1. The SMILES string of the molecule is C=CCn1c(CN(C)Cc2ccsc2)nnc1SCC1CCCO1. The molecule has 0 bridgehead atoms. The van der Waals surface area contributed by atoms with Crippen LogP contribution in [-0.4, -0.2) is 45.2 Å². The zero-order chi connectivity index (χ0) is 16.8. The average Bonchev–Trinajstić information content (AvgIpc) is 3.30. The Labute approximate surface area is 151 Å². The molecule has 7 heteroatoms. The lowest BCUT2D eigenvalue weighted by Crippen LogP contribution is -2.20. The van der Waals surface area contributed by atoms with Crippen molar-refractivity contribution in [1.82, 2.24) is 19.7 Å². The first-order valence-electron chi connectivity index (χ1n) is 8.23. The molecular formula is C17H24N4OS2. The Hall–Kier alpha value is -1.15. The summed E-state index contributed by atoms with van der Waals surface area (Å²) in [6.45, 7) is 7.20. The summed E-state index contributed by atoms with van der Waals surface area (Å²) in [5.74, 6) is 1.93. The number of thiophene rings is 1. The number of ether oxygens (including phenoxy) is 1. The monoisotopic (exact) mass is 364 g/mol. The third-order valence-electron chi connectivity index (χ3n) is 3.97. The number of nitrogens with zero attached hydrogens (tertiary/aromatic N) is 4. The molecule has 130 valence electrons.